The molecule has 1 fully saturated rings. The van der Waals surface area contributed by atoms with E-state index >= 15 is 0 Å². The van der Waals surface area contributed by atoms with Crippen molar-refractivity contribution in [3.05, 3.63) is 29.8 Å². The zero-order chi connectivity index (χ0) is 15.2. The Morgan fingerprint density at radius 3 is 2.76 bits per heavy atom. The molecule has 1 aromatic carbocycles. The number of amides is 1. The molecule has 6 heteroatoms. The molecule has 21 heavy (non-hydrogen) atoms. The number of morpholine rings is 1. The van der Waals surface area contributed by atoms with E-state index < -0.39 is 12.1 Å². The number of carbonyl (C=O) groups is 2. The van der Waals surface area contributed by atoms with Gasteiger partial charge in [-0.05, 0) is 19.1 Å². The lowest BCUT2D eigenvalue weighted by atomic mass is 10.2. The highest BCUT2D eigenvalue weighted by Crippen LogP contribution is 2.19. The van der Waals surface area contributed by atoms with Gasteiger partial charge in [0.05, 0.1) is 13.2 Å². The minimum atomic E-state index is -1.01. The number of benzene rings is 1. The van der Waals surface area contributed by atoms with E-state index in [0.717, 1.165) is 4.90 Å². The van der Waals surface area contributed by atoms with Crippen LogP contribution in [0.25, 0.3) is 0 Å². The molecule has 0 saturated carbocycles. The fourth-order valence-electron chi connectivity index (χ4n) is 2.07. The fraction of sp³-hybridized carbons (Fsp3) is 0.467. The molecule has 0 spiro atoms. The van der Waals surface area contributed by atoms with E-state index in [1.165, 1.54) is 5.56 Å². The normalized spacial score (nSPS) is 18.5. The van der Waals surface area contributed by atoms with Gasteiger partial charge in [0.1, 0.15) is 0 Å². The maximum Gasteiger partial charge on any atom is 0.334 e. The van der Waals surface area contributed by atoms with Crippen LogP contribution < -0.4 is 0 Å². The number of thioether (sulfide) groups is 1. The minimum Gasteiger partial charge on any atom is -0.479 e. The first-order valence-corrected chi connectivity index (χ1v) is 7.86. The monoisotopic (exact) mass is 309 g/mol. The van der Waals surface area contributed by atoms with Gasteiger partial charge < -0.3 is 14.7 Å². The third-order valence-electron chi connectivity index (χ3n) is 3.30. The lowest BCUT2D eigenvalue weighted by Gasteiger charge is -2.30. The highest BCUT2D eigenvalue weighted by molar-refractivity contribution is 7.99. The Morgan fingerprint density at radius 1 is 1.38 bits per heavy atom. The van der Waals surface area contributed by atoms with E-state index in [-0.39, 0.29) is 19.1 Å². The number of hydrogen-bond donors (Lipinski definition) is 1. The average Bonchev–Trinajstić information content (AvgIpc) is 2.49. The SMILES string of the molecule is Cc1ccc(SCCC(=O)N2CCOC(C(=O)O)C2)cc1. The summed E-state index contributed by atoms with van der Waals surface area (Å²) >= 11 is 1.63. The quantitative estimate of drug-likeness (QED) is 0.840. The summed E-state index contributed by atoms with van der Waals surface area (Å²) in [5.74, 6) is -0.331. The van der Waals surface area contributed by atoms with Gasteiger partial charge in [0.25, 0.3) is 0 Å². The van der Waals surface area contributed by atoms with Crippen LogP contribution >= 0.6 is 11.8 Å². The number of rotatable bonds is 5. The molecule has 2 rings (SSSR count). The van der Waals surface area contributed by atoms with Crippen LogP contribution in [0.2, 0.25) is 0 Å². The Balaban J connectivity index is 1.76. The van der Waals surface area contributed by atoms with Gasteiger partial charge in [0.15, 0.2) is 6.10 Å². The molecular weight excluding hydrogens is 290 g/mol. The van der Waals surface area contributed by atoms with Crippen LogP contribution in [0.15, 0.2) is 29.2 Å². The zero-order valence-electron chi connectivity index (χ0n) is 11.9. The number of ether oxygens (including phenoxy) is 1. The second-order valence-electron chi connectivity index (χ2n) is 4.95. The number of aryl methyl sites for hydroxylation is 1. The number of carboxylic acid groups (broad SMARTS) is 1. The van der Waals surface area contributed by atoms with Crippen molar-refractivity contribution < 1.29 is 19.4 Å². The van der Waals surface area contributed by atoms with E-state index in [2.05, 4.69) is 0 Å². The summed E-state index contributed by atoms with van der Waals surface area (Å²) in [5, 5.41) is 8.92. The summed E-state index contributed by atoms with van der Waals surface area (Å²) in [6.45, 7) is 2.93. The van der Waals surface area contributed by atoms with E-state index in [1.54, 1.807) is 16.7 Å². The number of aliphatic carboxylic acids is 1. The number of hydrogen-bond acceptors (Lipinski definition) is 4. The summed E-state index contributed by atoms with van der Waals surface area (Å²) in [4.78, 5) is 25.7. The Labute approximate surface area is 128 Å². The number of carbonyl (C=O) groups excluding carboxylic acids is 1. The second kappa shape index (κ2) is 7.47. The van der Waals surface area contributed by atoms with Crippen molar-refractivity contribution in [1.29, 1.82) is 0 Å². The molecule has 1 unspecified atom stereocenters. The lowest BCUT2D eigenvalue weighted by Crippen LogP contribution is -2.48. The van der Waals surface area contributed by atoms with E-state index in [1.807, 2.05) is 31.2 Å². The Hall–Kier alpha value is -1.53. The van der Waals surface area contributed by atoms with Crippen molar-refractivity contribution in [3.63, 3.8) is 0 Å². The molecule has 1 aliphatic heterocycles. The van der Waals surface area contributed by atoms with Crippen LogP contribution in [-0.2, 0) is 14.3 Å². The summed E-state index contributed by atoms with van der Waals surface area (Å²) in [5.41, 5.74) is 1.21. The molecule has 1 N–H and O–H groups in total. The van der Waals surface area contributed by atoms with Crippen molar-refractivity contribution >= 4 is 23.6 Å². The summed E-state index contributed by atoms with van der Waals surface area (Å²) in [6.07, 6.45) is -0.488. The zero-order valence-corrected chi connectivity index (χ0v) is 12.8. The number of nitrogens with zero attached hydrogens (tertiary/aromatic N) is 1. The molecule has 1 saturated heterocycles. The van der Waals surface area contributed by atoms with Crippen molar-refractivity contribution in [2.24, 2.45) is 0 Å². The standard InChI is InChI=1S/C15H19NO4S/c1-11-2-4-12(5-3-11)21-9-6-14(17)16-7-8-20-13(10-16)15(18)19/h2-5,13H,6-10H2,1H3,(H,18,19). The van der Waals surface area contributed by atoms with E-state index in [0.29, 0.717) is 18.7 Å². The van der Waals surface area contributed by atoms with Crippen LogP contribution in [0.3, 0.4) is 0 Å². The molecule has 0 aromatic heterocycles. The predicted octanol–water partition coefficient (Wildman–Crippen LogP) is 1.79. The highest BCUT2D eigenvalue weighted by atomic mass is 32.2. The van der Waals surface area contributed by atoms with Crippen LogP contribution in [-0.4, -0.2) is 53.4 Å². The second-order valence-corrected chi connectivity index (χ2v) is 6.12. The minimum absolute atomic E-state index is 0.0100. The highest BCUT2D eigenvalue weighted by Gasteiger charge is 2.28. The fourth-order valence-corrected chi connectivity index (χ4v) is 2.91. The molecule has 0 radical (unpaired) electrons. The van der Waals surface area contributed by atoms with Gasteiger partial charge in [-0.15, -0.1) is 11.8 Å². The van der Waals surface area contributed by atoms with Gasteiger partial charge in [-0.2, -0.15) is 0 Å². The summed E-state index contributed by atoms with van der Waals surface area (Å²) in [6, 6.07) is 8.17. The Morgan fingerprint density at radius 2 is 2.10 bits per heavy atom. The first kappa shape index (κ1) is 15.9. The van der Waals surface area contributed by atoms with Crippen LogP contribution in [0, 0.1) is 6.92 Å². The van der Waals surface area contributed by atoms with Gasteiger partial charge in [0.2, 0.25) is 5.91 Å². The van der Waals surface area contributed by atoms with Crippen molar-refractivity contribution in [2.75, 3.05) is 25.4 Å². The molecule has 1 heterocycles. The van der Waals surface area contributed by atoms with E-state index in [4.69, 9.17) is 9.84 Å². The van der Waals surface area contributed by atoms with Gasteiger partial charge in [-0.1, -0.05) is 17.7 Å². The van der Waals surface area contributed by atoms with E-state index in [9.17, 15) is 9.59 Å². The molecule has 5 nitrogen and oxygen atoms in total. The van der Waals surface area contributed by atoms with Crippen molar-refractivity contribution in [2.45, 2.75) is 24.3 Å². The average molecular weight is 309 g/mol. The lowest BCUT2D eigenvalue weighted by molar-refractivity contribution is -0.159. The molecule has 1 amide bonds. The van der Waals surface area contributed by atoms with Crippen molar-refractivity contribution in [3.8, 4) is 0 Å². The number of carboxylic acids is 1. The van der Waals surface area contributed by atoms with Crippen LogP contribution in [0.5, 0.6) is 0 Å². The van der Waals surface area contributed by atoms with Crippen LogP contribution in [0.1, 0.15) is 12.0 Å². The molecule has 1 aliphatic rings. The molecule has 1 atom stereocenters. The maximum absolute atomic E-state index is 12.1. The third kappa shape index (κ3) is 4.75. The largest absolute Gasteiger partial charge is 0.479 e. The first-order chi connectivity index (χ1) is 10.1. The first-order valence-electron chi connectivity index (χ1n) is 6.88. The predicted molar refractivity (Wildman–Crippen MR) is 80.5 cm³/mol. The molecular formula is C15H19NO4S. The smallest absolute Gasteiger partial charge is 0.334 e. The molecule has 0 bridgehead atoms. The third-order valence-corrected chi connectivity index (χ3v) is 4.31. The van der Waals surface area contributed by atoms with Gasteiger partial charge >= 0.3 is 5.97 Å². The van der Waals surface area contributed by atoms with Crippen LogP contribution in [0.4, 0.5) is 0 Å². The maximum atomic E-state index is 12.1. The molecule has 1 aromatic rings. The van der Waals surface area contributed by atoms with Gasteiger partial charge in [-0.25, -0.2) is 4.79 Å². The van der Waals surface area contributed by atoms with Gasteiger partial charge in [0, 0.05) is 23.6 Å². The Kier molecular flexibility index (Phi) is 5.64. The van der Waals surface area contributed by atoms with Gasteiger partial charge in [-0.3, -0.25) is 4.79 Å². The van der Waals surface area contributed by atoms with Crippen molar-refractivity contribution in [1.82, 2.24) is 4.90 Å². The summed E-state index contributed by atoms with van der Waals surface area (Å²) < 4.78 is 5.11. The topological polar surface area (TPSA) is 66.8 Å². The molecule has 0 aliphatic carbocycles. The molecule has 114 valence electrons. The summed E-state index contributed by atoms with van der Waals surface area (Å²) in [7, 11) is 0. The Bertz CT molecular complexity index is 503.